The smallest absolute Gasteiger partial charge is 0.250 e. The number of hydrogen-bond donors (Lipinski definition) is 1. The minimum atomic E-state index is -0.208. The summed E-state index contributed by atoms with van der Waals surface area (Å²) in [7, 11) is 0. The van der Waals surface area contributed by atoms with Gasteiger partial charge < -0.3 is 4.42 Å². The van der Waals surface area contributed by atoms with Crippen LogP contribution in [0.15, 0.2) is 53.2 Å². The summed E-state index contributed by atoms with van der Waals surface area (Å²) in [4.78, 5) is 17.8. The monoisotopic (exact) mass is 322 g/mol. The number of amides is 1. The van der Waals surface area contributed by atoms with Crippen molar-refractivity contribution in [2.45, 2.75) is 12.8 Å². The number of fused-ring (bicyclic) bond motifs is 3. The van der Waals surface area contributed by atoms with Gasteiger partial charge in [0.05, 0.1) is 12.0 Å². The Bertz CT molecular complexity index is 878. The summed E-state index contributed by atoms with van der Waals surface area (Å²) in [5.74, 6) is 0.438. The number of nitrogens with zero attached hydrogens (tertiary/aromatic N) is 1. The van der Waals surface area contributed by atoms with Gasteiger partial charge in [-0.2, -0.15) is 0 Å². The molecule has 0 unspecified atom stereocenters. The van der Waals surface area contributed by atoms with Crippen LogP contribution in [0.5, 0.6) is 0 Å². The largest absolute Gasteiger partial charge is 0.465 e. The highest BCUT2D eigenvalue weighted by atomic mass is 32.1. The Kier molecular flexibility index (Phi) is 3.55. The summed E-state index contributed by atoms with van der Waals surface area (Å²) >= 11 is 1.55. The van der Waals surface area contributed by atoms with Gasteiger partial charge in [-0.1, -0.05) is 24.3 Å². The summed E-state index contributed by atoms with van der Waals surface area (Å²) in [5.41, 5.74) is 3.50. The van der Waals surface area contributed by atoms with Crippen molar-refractivity contribution in [3.05, 3.63) is 64.9 Å². The predicted octanol–water partition coefficient (Wildman–Crippen LogP) is 4.15. The van der Waals surface area contributed by atoms with Crippen LogP contribution in [0.3, 0.4) is 0 Å². The number of carbonyl (C=O) groups excluding carboxylic acids is 1. The second-order valence-electron chi connectivity index (χ2n) is 5.29. The van der Waals surface area contributed by atoms with Crippen LogP contribution in [-0.4, -0.2) is 10.9 Å². The van der Waals surface area contributed by atoms with E-state index in [1.54, 1.807) is 35.8 Å². The number of furan rings is 1. The van der Waals surface area contributed by atoms with Gasteiger partial charge in [0.15, 0.2) is 5.13 Å². The zero-order valence-corrected chi connectivity index (χ0v) is 13.1. The van der Waals surface area contributed by atoms with E-state index < -0.39 is 0 Å². The second-order valence-corrected chi connectivity index (χ2v) is 6.37. The first kappa shape index (κ1) is 14.0. The maximum Gasteiger partial charge on any atom is 0.250 e. The maximum atomic E-state index is 12.0. The van der Waals surface area contributed by atoms with Crippen LogP contribution in [0.25, 0.3) is 17.3 Å². The number of anilines is 1. The third kappa shape index (κ3) is 2.83. The van der Waals surface area contributed by atoms with Crippen LogP contribution in [0.4, 0.5) is 5.13 Å². The third-order valence-corrected chi connectivity index (χ3v) is 4.79. The number of nitrogens with one attached hydrogen (secondary N) is 1. The van der Waals surface area contributed by atoms with E-state index in [1.807, 2.05) is 6.07 Å². The summed E-state index contributed by atoms with van der Waals surface area (Å²) in [6.45, 7) is 0. The van der Waals surface area contributed by atoms with Gasteiger partial charge in [-0.3, -0.25) is 10.1 Å². The van der Waals surface area contributed by atoms with Crippen molar-refractivity contribution in [2.24, 2.45) is 0 Å². The van der Waals surface area contributed by atoms with Gasteiger partial charge in [0.1, 0.15) is 5.76 Å². The zero-order chi connectivity index (χ0) is 15.6. The molecule has 0 saturated heterocycles. The molecule has 4 nitrogen and oxygen atoms in total. The molecule has 23 heavy (non-hydrogen) atoms. The van der Waals surface area contributed by atoms with E-state index in [9.17, 15) is 4.79 Å². The van der Waals surface area contributed by atoms with Crippen molar-refractivity contribution in [3.63, 3.8) is 0 Å². The molecule has 5 heteroatoms. The van der Waals surface area contributed by atoms with Gasteiger partial charge in [-0.05, 0) is 36.6 Å². The molecule has 4 rings (SSSR count). The fourth-order valence-corrected chi connectivity index (χ4v) is 3.67. The third-order valence-electron chi connectivity index (χ3n) is 3.76. The van der Waals surface area contributed by atoms with E-state index in [2.05, 4.69) is 28.5 Å². The van der Waals surface area contributed by atoms with Crippen molar-refractivity contribution in [3.8, 4) is 11.3 Å². The van der Waals surface area contributed by atoms with E-state index in [4.69, 9.17) is 4.42 Å². The van der Waals surface area contributed by atoms with E-state index in [0.29, 0.717) is 10.9 Å². The van der Waals surface area contributed by atoms with Gasteiger partial charge in [0.25, 0.3) is 0 Å². The van der Waals surface area contributed by atoms with Crippen LogP contribution >= 0.6 is 11.3 Å². The minimum absolute atomic E-state index is 0.208. The van der Waals surface area contributed by atoms with Crippen LogP contribution in [0, 0.1) is 0 Å². The molecule has 1 N–H and O–H groups in total. The first-order valence-electron chi connectivity index (χ1n) is 7.40. The number of benzene rings is 1. The summed E-state index contributed by atoms with van der Waals surface area (Å²) in [6, 6.07) is 11.9. The second kappa shape index (κ2) is 5.85. The molecule has 1 aliphatic rings. The van der Waals surface area contributed by atoms with E-state index in [0.717, 1.165) is 18.5 Å². The molecule has 0 atom stereocenters. The molecule has 1 aliphatic carbocycles. The lowest BCUT2D eigenvalue weighted by Crippen LogP contribution is -2.07. The van der Waals surface area contributed by atoms with Crippen molar-refractivity contribution < 1.29 is 9.21 Å². The molecule has 0 bridgehead atoms. The fourth-order valence-electron chi connectivity index (χ4n) is 2.69. The lowest BCUT2D eigenvalue weighted by molar-refractivity contribution is -0.111. The number of carbonyl (C=O) groups is 1. The molecule has 0 spiro atoms. The van der Waals surface area contributed by atoms with Gasteiger partial charge in [0.2, 0.25) is 5.91 Å². The van der Waals surface area contributed by atoms with Crippen LogP contribution in [0.1, 0.15) is 16.2 Å². The lowest BCUT2D eigenvalue weighted by atomic mass is 9.94. The van der Waals surface area contributed by atoms with Gasteiger partial charge in [-0.15, -0.1) is 11.3 Å². The molecular formula is C18H14N2O2S. The SMILES string of the molecule is O=C(/C=C/c1ccco1)Nc1nc2c(s1)CCc1ccccc1-2. The van der Waals surface area contributed by atoms with Crippen molar-refractivity contribution in [1.29, 1.82) is 0 Å². The maximum absolute atomic E-state index is 12.0. The van der Waals surface area contributed by atoms with E-state index in [1.165, 1.54) is 22.1 Å². The van der Waals surface area contributed by atoms with Crippen molar-refractivity contribution >= 4 is 28.5 Å². The highest BCUT2D eigenvalue weighted by Crippen LogP contribution is 2.37. The minimum Gasteiger partial charge on any atom is -0.465 e. The molecule has 114 valence electrons. The molecule has 0 aliphatic heterocycles. The van der Waals surface area contributed by atoms with Crippen LogP contribution < -0.4 is 5.32 Å². The van der Waals surface area contributed by atoms with Gasteiger partial charge in [-0.25, -0.2) is 4.98 Å². The first-order chi connectivity index (χ1) is 11.3. The van der Waals surface area contributed by atoms with E-state index >= 15 is 0 Å². The summed E-state index contributed by atoms with van der Waals surface area (Å²) in [5, 5.41) is 3.47. The molecule has 3 aromatic rings. The molecular weight excluding hydrogens is 308 g/mol. The normalized spacial score (nSPS) is 12.9. The molecule has 1 amide bonds. The van der Waals surface area contributed by atoms with Crippen molar-refractivity contribution in [2.75, 3.05) is 5.32 Å². The summed E-state index contributed by atoms with van der Waals surface area (Å²) < 4.78 is 5.16. The Morgan fingerprint density at radius 1 is 1.22 bits per heavy atom. The molecule has 0 fully saturated rings. The standard InChI is InChI=1S/C18H14N2O2S/c21-16(10-8-13-5-3-11-22-13)19-18-20-17-14-6-2-1-4-12(14)7-9-15(17)23-18/h1-6,8,10-11H,7,9H2,(H,19,20,21)/b10-8+. The fraction of sp³-hybridized carbons (Fsp3) is 0.111. The number of hydrogen-bond acceptors (Lipinski definition) is 4. The Hall–Kier alpha value is -2.66. The quantitative estimate of drug-likeness (QED) is 0.737. The van der Waals surface area contributed by atoms with E-state index in [-0.39, 0.29) is 5.91 Å². The number of thiazole rings is 1. The van der Waals surface area contributed by atoms with Gasteiger partial charge >= 0.3 is 0 Å². The molecule has 2 aromatic heterocycles. The number of aryl methyl sites for hydroxylation is 2. The summed E-state index contributed by atoms with van der Waals surface area (Å²) in [6.07, 6.45) is 6.66. The predicted molar refractivity (Wildman–Crippen MR) is 91.3 cm³/mol. The molecule has 0 radical (unpaired) electrons. The Morgan fingerprint density at radius 2 is 2.13 bits per heavy atom. The zero-order valence-electron chi connectivity index (χ0n) is 12.3. The number of aromatic nitrogens is 1. The number of rotatable bonds is 3. The Morgan fingerprint density at radius 3 is 3.00 bits per heavy atom. The average Bonchev–Trinajstić information content (AvgIpc) is 3.22. The highest BCUT2D eigenvalue weighted by molar-refractivity contribution is 7.16. The highest BCUT2D eigenvalue weighted by Gasteiger charge is 2.20. The molecule has 0 saturated carbocycles. The Labute approximate surface area is 137 Å². The Balaban J connectivity index is 1.54. The van der Waals surface area contributed by atoms with Crippen molar-refractivity contribution in [1.82, 2.24) is 4.98 Å². The lowest BCUT2D eigenvalue weighted by Gasteiger charge is -2.13. The topological polar surface area (TPSA) is 55.1 Å². The molecule has 1 aromatic carbocycles. The molecule has 2 heterocycles. The van der Waals surface area contributed by atoms with Crippen LogP contribution in [-0.2, 0) is 17.6 Å². The average molecular weight is 322 g/mol. The van der Waals surface area contributed by atoms with Gasteiger partial charge in [0, 0.05) is 16.5 Å². The van der Waals surface area contributed by atoms with Crippen LogP contribution in [0.2, 0.25) is 0 Å². The first-order valence-corrected chi connectivity index (χ1v) is 8.22.